The van der Waals surface area contributed by atoms with Crippen LogP contribution in [0.5, 0.6) is 0 Å². The summed E-state index contributed by atoms with van der Waals surface area (Å²) < 4.78 is 12.2. The number of carbonyl (C=O) groups is 1. The zero-order chi connectivity index (χ0) is 15.0. The third-order valence-electron chi connectivity index (χ3n) is 5.46. The maximum atomic E-state index is 13.2. The van der Waals surface area contributed by atoms with Crippen molar-refractivity contribution in [1.29, 1.82) is 0 Å². The van der Waals surface area contributed by atoms with E-state index in [9.17, 15) is 4.79 Å². The third kappa shape index (κ3) is 1.99. The average molecular weight is 298 g/mol. The van der Waals surface area contributed by atoms with E-state index in [0.717, 1.165) is 56.3 Å². The Hall–Kier alpha value is -1.45. The van der Waals surface area contributed by atoms with Gasteiger partial charge in [-0.2, -0.15) is 0 Å². The Kier molecular flexibility index (Phi) is 3.43. The Bertz CT molecular complexity index is 590. The zero-order valence-corrected chi connectivity index (χ0v) is 12.8. The highest BCUT2D eigenvalue weighted by atomic mass is 16.6. The van der Waals surface area contributed by atoms with E-state index >= 15 is 0 Å². The summed E-state index contributed by atoms with van der Waals surface area (Å²) in [5, 5.41) is 0. The number of Topliss-reactive ketones (excluding diaryl/α,β-unsaturated/α-hetero) is 1. The second kappa shape index (κ2) is 5.32. The standard InChI is InChI=1S/C19H22O3/c20-17-16(14-15-6-2-1-3-7-15)8-11-18(9-4-12-21-18)19(17)10-5-13-22-19/h1-3,6-7,14H,4-5,8-13H2/b16-14+/t18-,19+/m0/s1. The minimum absolute atomic E-state index is 0.169. The molecule has 116 valence electrons. The van der Waals surface area contributed by atoms with Crippen LogP contribution in [-0.4, -0.2) is 30.2 Å². The maximum absolute atomic E-state index is 13.2. The van der Waals surface area contributed by atoms with E-state index in [-0.39, 0.29) is 11.4 Å². The van der Waals surface area contributed by atoms with Gasteiger partial charge in [0.25, 0.3) is 0 Å². The average Bonchev–Trinajstić information content (AvgIpc) is 3.21. The number of ketones is 1. The molecule has 22 heavy (non-hydrogen) atoms. The monoisotopic (exact) mass is 298 g/mol. The number of benzene rings is 1. The Morgan fingerprint density at radius 2 is 1.73 bits per heavy atom. The number of rotatable bonds is 1. The van der Waals surface area contributed by atoms with Crippen LogP contribution in [0.25, 0.3) is 6.08 Å². The van der Waals surface area contributed by atoms with Gasteiger partial charge < -0.3 is 9.47 Å². The topological polar surface area (TPSA) is 35.5 Å². The van der Waals surface area contributed by atoms with Crippen molar-refractivity contribution in [1.82, 2.24) is 0 Å². The van der Waals surface area contributed by atoms with Crippen LogP contribution in [0.2, 0.25) is 0 Å². The first-order chi connectivity index (χ1) is 10.8. The summed E-state index contributed by atoms with van der Waals surface area (Å²) in [5.74, 6) is 0.169. The molecule has 2 spiro atoms. The highest BCUT2D eigenvalue weighted by Gasteiger charge is 2.63. The first kappa shape index (κ1) is 14.2. The van der Waals surface area contributed by atoms with Gasteiger partial charge in [0.2, 0.25) is 0 Å². The molecule has 2 heterocycles. The summed E-state index contributed by atoms with van der Waals surface area (Å²) in [5.41, 5.74) is 0.897. The van der Waals surface area contributed by atoms with Crippen molar-refractivity contribution < 1.29 is 14.3 Å². The molecule has 4 rings (SSSR count). The summed E-state index contributed by atoms with van der Waals surface area (Å²) in [6.45, 7) is 1.44. The van der Waals surface area contributed by atoms with E-state index in [4.69, 9.17) is 9.47 Å². The zero-order valence-electron chi connectivity index (χ0n) is 12.8. The fourth-order valence-electron chi connectivity index (χ4n) is 4.40. The molecular formula is C19H22O3. The Morgan fingerprint density at radius 3 is 2.41 bits per heavy atom. The van der Waals surface area contributed by atoms with Gasteiger partial charge in [0, 0.05) is 13.2 Å². The van der Waals surface area contributed by atoms with Gasteiger partial charge in [-0.3, -0.25) is 4.79 Å². The lowest BCUT2D eigenvalue weighted by Crippen LogP contribution is -2.61. The molecule has 3 fully saturated rings. The van der Waals surface area contributed by atoms with Crippen LogP contribution in [0.3, 0.4) is 0 Å². The van der Waals surface area contributed by atoms with Crippen molar-refractivity contribution in [2.45, 2.75) is 49.7 Å². The van der Waals surface area contributed by atoms with Crippen molar-refractivity contribution in [3.63, 3.8) is 0 Å². The lowest BCUT2D eigenvalue weighted by atomic mass is 9.66. The Balaban J connectivity index is 1.72. The molecule has 0 amide bonds. The molecule has 0 bridgehead atoms. The second-order valence-corrected chi connectivity index (χ2v) is 6.63. The lowest BCUT2D eigenvalue weighted by molar-refractivity contribution is -0.186. The van der Waals surface area contributed by atoms with E-state index in [1.165, 1.54) is 0 Å². The number of hydrogen-bond donors (Lipinski definition) is 0. The summed E-state index contributed by atoms with van der Waals surface area (Å²) in [6, 6.07) is 10.1. The predicted molar refractivity (Wildman–Crippen MR) is 84.5 cm³/mol. The van der Waals surface area contributed by atoms with Gasteiger partial charge in [-0.15, -0.1) is 0 Å². The summed E-state index contributed by atoms with van der Waals surface area (Å²) >= 11 is 0. The highest BCUT2D eigenvalue weighted by Crippen LogP contribution is 2.52. The quantitative estimate of drug-likeness (QED) is 0.744. The number of carbonyl (C=O) groups excluding carboxylic acids is 1. The predicted octanol–water partition coefficient (Wildman–Crippen LogP) is 3.53. The Labute approximate surface area is 131 Å². The molecule has 2 atom stereocenters. The molecule has 1 aromatic carbocycles. The van der Waals surface area contributed by atoms with Gasteiger partial charge in [-0.1, -0.05) is 30.3 Å². The minimum Gasteiger partial charge on any atom is -0.371 e. The van der Waals surface area contributed by atoms with E-state index in [2.05, 4.69) is 0 Å². The molecule has 2 aliphatic heterocycles. The molecule has 0 unspecified atom stereocenters. The molecule has 1 aliphatic carbocycles. The van der Waals surface area contributed by atoms with Crippen LogP contribution in [0.15, 0.2) is 35.9 Å². The lowest BCUT2D eigenvalue weighted by Gasteiger charge is -2.47. The van der Waals surface area contributed by atoms with E-state index in [1.54, 1.807) is 0 Å². The third-order valence-corrected chi connectivity index (χ3v) is 5.46. The number of ether oxygens (including phenoxy) is 2. The van der Waals surface area contributed by atoms with Crippen molar-refractivity contribution >= 4 is 11.9 Å². The molecule has 3 heteroatoms. The SMILES string of the molecule is O=C1/C(=C/c2ccccc2)CC[C@@]2(CCCO2)[C@@]12CCCO2. The van der Waals surface area contributed by atoms with Crippen molar-refractivity contribution in [3.05, 3.63) is 41.5 Å². The molecule has 1 saturated carbocycles. The first-order valence-corrected chi connectivity index (χ1v) is 8.34. The maximum Gasteiger partial charge on any atom is 0.193 e. The van der Waals surface area contributed by atoms with Crippen molar-refractivity contribution in [3.8, 4) is 0 Å². The summed E-state index contributed by atoms with van der Waals surface area (Å²) in [4.78, 5) is 13.2. The van der Waals surface area contributed by atoms with E-state index < -0.39 is 5.60 Å². The molecular weight excluding hydrogens is 276 g/mol. The normalized spacial score (nSPS) is 36.7. The number of hydrogen-bond acceptors (Lipinski definition) is 3. The van der Waals surface area contributed by atoms with Gasteiger partial charge >= 0.3 is 0 Å². The fraction of sp³-hybridized carbons (Fsp3) is 0.526. The van der Waals surface area contributed by atoms with Crippen molar-refractivity contribution in [2.75, 3.05) is 13.2 Å². The summed E-state index contributed by atoms with van der Waals surface area (Å²) in [7, 11) is 0. The molecule has 0 aromatic heterocycles. The van der Waals surface area contributed by atoms with Gasteiger partial charge in [0.05, 0.1) is 0 Å². The van der Waals surface area contributed by atoms with Crippen LogP contribution in [-0.2, 0) is 14.3 Å². The molecule has 2 saturated heterocycles. The molecule has 3 aliphatic rings. The van der Waals surface area contributed by atoms with E-state index in [1.807, 2.05) is 36.4 Å². The molecule has 1 aromatic rings. The van der Waals surface area contributed by atoms with Gasteiger partial charge in [-0.05, 0) is 55.7 Å². The molecule has 0 N–H and O–H groups in total. The van der Waals surface area contributed by atoms with Gasteiger partial charge in [-0.25, -0.2) is 0 Å². The van der Waals surface area contributed by atoms with E-state index in [0.29, 0.717) is 6.61 Å². The van der Waals surface area contributed by atoms with Crippen LogP contribution in [0.4, 0.5) is 0 Å². The second-order valence-electron chi connectivity index (χ2n) is 6.63. The van der Waals surface area contributed by atoms with Crippen LogP contribution in [0.1, 0.15) is 44.1 Å². The summed E-state index contributed by atoms with van der Waals surface area (Å²) in [6.07, 6.45) is 7.48. The highest BCUT2D eigenvalue weighted by molar-refractivity contribution is 6.07. The first-order valence-electron chi connectivity index (χ1n) is 8.34. The largest absolute Gasteiger partial charge is 0.371 e. The molecule has 0 radical (unpaired) electrons. The van der Waals surface area contributed by atoms with Crippen LogP contribution in [0, 0.1) is 0 Å². The van der Waals surface area contributed by atoms with Gasteiger partial charge in [0.1, 0.15) is 5.60 Å². The van der Waals surface area contributed by atoms with Crippen molar-refractivity contribution in [2.24, 2.45) is 0 Å². The number of fused-ring (bicyclic) bond motifs is 1. The van der Waals surface area contributed by atoms with Crippen LogP contribution < -0.4 is 0 Å². The Morgan fingerprint density at radius 1 is 0.955 bits per heavy atom. The minimum atomic E-state index is -0.720. The van der Waals surface area contributed by atoms with Gasteiger partial charge in [0.15, 0.2) is 11.4 Å². The fourth-order valence-corrected chi connectivity index (χ4v) is 4.40. The molecule has 3 nitrogen and oxygen atoms in total. The van der Waals surface area contributed by atoms with Crippen LogP contribution >= 0.6 is 0 Å². The smallest absolute Gasteiger partial charge is 0.193 e.